The van der Waals surface area contributed by atoms with Crippen LogP contribution in [0.25, 0.3) is 0 Å². The summed E-state index contributed by atoms with van der Waals surface area (Å²) in [5, 5.41) is 5.77. The zero-order valence-corrected chi connectivity index (χ0v) is 11.4. The lowest BCUT2D eigenvalue weighted by Gasteiger charge is -2.07. The summed E-state index contributed by atoms with van der Waals surface area (Å²) in [6.07, 6.45) is 1.05. The van der Waals surface area contributed by atoms with Crippen molar-refractivity contribution in [3.63, 3.8) is 0 Å². The number of rotatable bonds is 7. The van der Waals surface area contributed by atoms with Crippen molar-refractivity contribution >= 4 is 17.6 Å². The number of ether oxygens (including phenoxy) is 1. The Bertz CT molecular complexity index is 432. The van der Waals surface area contributed by atoms with Crippen LogP contribution < -0.4 is 10.6 Å². The molecule has 0 saturated carbocycles. The number of nitrogens with one attached hydrogen (secondary N) is 2. The van der Waals surface area contributed by atoms with Gasteiger partial charge in [-0.2, -0.15) is 0 Å². The summed E-state index contributed by atoms with van der Waals surface area (Å²) < 4.78 is 5.12. The summed E-state index contributed by atoms with van der Waals surface area (Å²) >= 11 is 0. The topological polar surface area (TPSA) is 67.4 Å². The van der Waals surface area contributed by atoms with Crippen molar-refractivity contribution in [1.29, 1.82) is 0 Å². The van der Waals surface area contributed by atoms with Crippen LogP contribution in [0.4, 0.5) is 5.69 Å². The minimum absolute atomic E-state index is 0.172. The lowest BCUT2D eigenvalue weighted by Crippen LogP contribution is -2.22. The molecular weight excluding hydrogens is 244 g/mol. The largest absolute Gasteiger partial charge is 0.461 e. The van der Waals surface area contributed by atoms with E-state index in [2.05, 4.69) is 17.6 Å². The Morgan fingerprint density at radius 2 is 2.05 bits per heavy atom. The normalized spacial score (nSPS) is 10.0. The van der Waals surface area contributed by atoms with E-state index in [-0.39, 0.29) is 11.9 Å². The minimum atomic E-state index is -0.384. The van der Waals surface area contributed by atoms with Gasteiger partial charge in [0.1, 0.15) is 6.61 Å². The fourth-order valence-corrected chi connectivity index (χ4v) is 1.53. The smallest absolute Gasteiger partial charge is 0.338 e. The Morgan fingerprint density at radius 1 is 1.26 bits per heavy atom. The molecule has 0 aliphatic carbocycles. The van der Waals surface area contributed by atoms with Crippen molar-refractivity contribution in [2.24, 2.45) is 0 Å². The third-order valence-electron chi connectivity index (χ3n) is 2.36. The molecule has 0 saturated heterocycles. The lowest BCUT2D eigenvalue weighted by molar-refractivity contribution is -0.114. The summed E-state index contributed by atoms with van der Waals surface area (Å²) in [7, 11) is 0. The maximum absolute atomic E-state index is 11.8. The highest BCUT2D eigenvalue weighted by Crippen LogP contribution is 2.11. The van der Waals surface area contributed by atoms with Gasteiger partial charge in [0, 0.05) is 19.2 Å². The maximum Gasteiger partial charge on any atom is 0.338 e. The summed E-state index contributed by atoms with van der Waals surface area (Å²) in [4.78, 5) is 22.7. The molecule has 1 aromatic carbocycles. The van der Waals surface area contributed by atoms with Crippen molar-refractivity contribution in [1.82, 2.24) is 5.32 Å². The second-order valence-electron chi connectivity index (χ2n) is 4.15. The molecule has 0 aliphatic heterocycles. The monoisotopic (exact) mass is 264 g/mol. The van der Waals surface area contributed by atoms with Crippen LogP contribution in [0, 0.1) is 0 Å². The predicted octanol–water partition coefficient (Wildman–Crippen LogP) is 1.80. The Balaban J connectivity index is 2.45. The van der Waals surface area contributed by atoms with E-state index in [1.54, 1.807) is 24.3 Å². The molecule has 104 valence electrons. The van der Waals surface area contributed by atoms with Gasteiger partial charge in [0.15, 0.2) is 0 Å². The van der Waals surface area contributed by atoms with Crippen LogP contribution in [0.2, 0.25) is 0 Å². The molecule has 2 N–H and O–H groups in total. The van der Waals surface area contributed by atoms with E-state index in [9.17, 15) is 9.59 Å². The average molecular weight is 264 g/mol. The molecular formula is C14H20N2O3. The summed E-state index contributed by atoms with van der Waals surface area (Å²) in [6.45, 7) is 5.39. The number of carbonyl (C=O) groups is 2. The number of hydrogen-bond donors (Lipinski definition) is 2. The Labute approximate surface area is 113 Å². The van der Waals surface area contributed by atoms with Gasteiger partial charge in [-0.1, -0.05) is 13.0 Å². The van der Waals surface area contributed by atoms with Crippen LogP contribution in [-0.2, 0) is 9.53 Å². The molecule has 0 fully saturated rings. The molecule has 0 atom stereocenters. The fraction of sp³-hybridized carbons (Fsp3) is 0.429. The number of anilines is 1. The molecule has 0 spiro atoms. The third-order valence-corrected chi connectivity index (χ3v) is 2.36. The van der Waals surface area contributed by atoms with Gasteiger partial charge >= 0.3 is 5.97 Å². The van der Waals surface area contributed by atoms with Crippen molar-refractivity contribution in [3.05, 3.63) is 29.8 Å². The zero-order valence-electron chi connectivity index (χ0n) is 11.4. The highest BCUT2D eigenvalue weighted by Gasteiger charge is 2.07. The molecule has 19 heavy (non-hydrogen) atoms. The molecule has 0 heterocycles. The molecule has 0 radical (unpaired) electrons. The van der Waals surface area contributed by atoms with E-state index < -0.39 is 0 Å². The van der Waals surface area contributed by atoms with Crippen LogP contribution in [0.15, 0.2) is 24.3 Å². The standard InChI is InChI=1S/C14H20N2O3/c1-3-7-15-8-9-19-14(18)12-5-4-6-13(10-12)16-11(2)17/h4-6,10,15H,3,7-9H2,1-2H3,(H,16,17). The molecule has 0 aliphatic rings. The molecule has 5 heteroatoms. The van der Waals surface area contributed by atoms with Crippen LogP contribution in [0.1, 0.15) is 30.6 Å². The molecule has 5 nitrogen and oxygen atoms in total. The molecule has 0 bridgehead atoms. The molecule has 1 amide bonds. The van der Waals surface area contributed by atoms with E-state index in [0.29, 0.717) is 24.4 Å². The van der Waals surface area contributed by atoms with Gasteiger partial charge in [0.2, 0.25) is 5.91 Å². The van der Waals surface area contributed by atoms with Gasteiger partial charge in [-0.3, -0.25) is 4.79 Å². The van der Waals surface area contributed by atoms with Gasteiger partial charge in [0.25, 0.3) is 0 Å². The number of carbonyl (C=O) groups excluding carboxylic acids is 2. The van der Waals surface area contributed by atoms with E-state index in [1.807, 2.05) is 0 Å². The maximum atomic E-state index is 11.8. The van der Waals surface area contributed by atoms with Gasteiger partial charge in [0.05, 0.1) is 5.56 Å². The van der Waals surface area contributed by atoms with Crippen molar-refractivity contribution in [2.75, 3.05) is 25.0 Å². The van der Waals surface area contributed by atoms with Crippen LogP contribution in [0.3, 0.4) is 0 Å². The zero-order chi connectivity index (χ0) is 14.1. The first-order valence-electron chi connectivity index (χ1n) is 6.39. The Hall–Kier alpha value is -1.88. The Morgan fingerprint density at radius 3 is 2.74 bits per heavy atom. The Kier molecular flexibility index (Phi) is 6.60. The van der Waals surface area contributed by atoms with Gasteiger partial charge in [-0.05, 0) is 31.2 Å². The van der Waals surface area contributed by atoms with E-state index in [1.165, 1.54) is 6.92 Å². The summed E-state index contributed by atoms with van der Waals surface area (Å²) in [6, 6.07) is 6.69. The molecule has 1 rings (SSSR count). The first-order chi connectivity index (χ1) is 9.13. The number of amides is 1. The van der Waals surface area contributed by atoms with Crippen molar-refractivity contribution in [3.8, 4) is 0 Å². The SMILES string of the molecule is CCCNCCOC(=O)c1cccc(NC(C)=O)c1. The minimum Gasteiger partial charge on any atom is -0.461 e. The highest BCUT2D eigenvalue weighted by molar-refractivity contribution is 5.93. The van der Waals surface area contributed by atoms with E-state index >= 15 is 0 Å². The van der Waals surface area contributed by atoms with Gasteiger partial charge < -0.3 is 15.4 Å². The second kappa shape index (κ2) is 8.26. The van der Waals surface area contributed by atoms with E-state index in [0.717, 1.165) is 13.0 Å². The first kappa shape index (κ1) is 15.2. The van der Waals surface area contributed by atoms with Crippen LogP contribution in [-0.4, -0.2) is 31.6 Å². The number of esters is 1. The third kappa shape index (κ3) is 6.01. The van der Waals surface area contributed by atoms with E-state index in [4.69, 9.17) is 4.74 Å². The van der Waals surface area contributed by atoms with Crippen LogP contribution in [0.5, 0.6) is 0 Å². The first-order valence-corrected chi connectivity index (χ1v) is 6.39. The summed E-state index contributed by atoms with van der Waals surface area (Å²) in [5.74, 6) is -0.556. The fourth-order valence-electron chi connectivity index (χ4n) is 1.53. The highest BCUT2D eigenvalue weighted by atomic mass is 16.5. The number of benzene rings is 1. The lowest BCUT2D eigenvalue weighted by atomic mass is 10.2. The van der Waals surface area contributed by atoms with Gasteiger partial charge in [-0.25, -0.2) is 4.79 Å². The quantitative estimate of drug-likeness (QED) is 0.582. The average Bonchev–Trinajstić information content (AvgIpc) is 2.38. The van der Waals surface area contributed by atoms with Crippen molar-refractivity contribution < 1.29 is 14.3 Å². The molecule has 1 aromatic rings. The number of hydrogen-bond acceptors (Lipinski definition) is 4. The molecule has 0 aromatic heterocycles. The van der Waals surface area contributed by atoms with Gasteiger partial charge in [-0.15, -0.1) is 0 Å². The molecule has 0 unspecified atom stereocenters. The van der Waals surface area contributed by atoms with Crippen LogP contribution >= 0.6 is 0 Å². The summed E-state index contributed by atoms with van der Waals surface area (Å²) in [5.41, 5.74) is 1.02. The second-order valence-corrected chi connectivity index (χ2v) is 4.15. The van der Waals surface area contributed by atoms with Crippen molar-refractivity contribution in [2.45, 2.75) is 20.3 Å². The predicted molar refractivity (Wildman–Crippen MR) is 74.2 cm³/mol.